The smallest absolute Gasteiger partial charge is 0.141 e. The fourth-order valence-corrected chi connectivity index (χ4v) is 1.76. The van der Waals surface area contributed by atoms with Gasteiger partial charge in [-0.15, -0.1) is 0 Å². The monoisotopic (exact) mass is 283 g/mol. The summed E-state index contributed by atoms with van der Waals surface area (Å²) >= 11 is 0. The zero-order valence-corrected chi connectivity index (χ0v) is 13.7. The van der Waals surface area contributed by atoms with Crippen molar-refractivity contribution in [3.05, 3.63) is 29.8 Å². The molecule has 1 saturated heterocycles. The van der Waals surface area contributed by atoms with Gasteiger partial charge in [0, 0.05) is 18.9 Å². The molecule has 0 unspecified atom stereocenters. The van der Waals surface area contributed by atoms with Gasteiger partial charge in [0.1, 0.15) is 5.82 Å². The summed E-state index contributed by atoms with van der Waals surface area (Å²) in [4.78, 5) is 3.94. The second kappa shape index (κ2) is 11.8. The Labute approximate surface area is 123 Å². The van der Waals surface area contributed by atoms with Gasteiger partial charge in [0.05, 0.1) is 6.20 Å². The maximum Gasteiger partial charge on any atom is 0.141 e. The first-order chi connectivity index (χ1) is 9.58. The van der Waals surface area contributed by atoms with Crippen molar-refractivity contribution in [2.45, 2.75) is 53.9 Å². The van der Waals surface area contributed by atoms with Crippen LogP contribution in [0.3, 0.4) is 0 Å². The lowest BCUT2D eigenvalue weighted by Gasteiger charge is -2.16. The summed E-state index contributed by atoms with van der Waals surface area (Å²) in [5, 5.41) is 0. The van der Waals surface area contributed by atoms with Crippen LogP contribution < -0.4 is 0 Å². The molecule has 0 amide bonds. The number of pyridine rings is 1. The Morgan fingerprint density at radius 2 is 1.85 bits per heavy atom. The summed E-state index contributed by atoms with van der Waals surface area (Å²) in [6.45, 7) is 12.5. The van der Waals surface area contributed by atoms with E-state index in [-0.39, 0.29) is 5.82 Å². The van der Waals surface area contributed by atoms with Gasteiger partial charge in [-0.3, -0.25) is 4.98 Å². The Kier molecular flexibility index (Phi) is 11.3. The zero-order chi connectivity index (χ0) is 15.4. The molecule has 0 bridgehead atoms. The van der Waals surface area contributed by atoms with Crippen LogP contribution in [0.25, 0.3) is 0 Å². The molecular weight excluding hydrogens is 253 g/mol. The minimum Gasteiger partial charge on any atom is -0.381 e. The summed E-state index contributed by atoms with van der Waals surface area (Å²) in [5.41, 5.74) is 0.960. The Hall–Kier alpha value is -0.960. The topological polar surface area (TPSA) is 22.1 Å². The first-order valence-electron chi connectivity index (χ1n) is 7.76. The van der Waals surface area contributed by atoms with E-state index in [1.807, 2.05) is 13.8 Å². The summed E-state index contributed by atoms with van der Waals surface area (Å²) in [6.07, 6.45) is 4.71. The predicted octanol–water partition coefficient (Wildman–Crippen LogP) is 4.88. The summed E-state index contributed by atoms with van der Waals surface area (Å²) in [7, 11) is 0. The average Bonchev–Trinajstić information content (AvgIpc) is 2.45. The number of halogens is 1. The second-order valence-electron chi connectivity index (χ2n) is 5.36. The molecule has 2 nitrogen and oxygen atoms in total. The van der Waals surface area contributed by atoms with E-state index < -0.39 is 0 Å². The van der Waals surface area contributed by atoms with Gasteiger partial charge in [-0.2, -0.15) is 0 Å². The van der Waals surface area contributed by atoms with E-state index in [2.05, 4.69) is 25.8 Å². The van der Waals surface area contributed by atoms with E-state index in [9.17, 15) is 4.39 Å². The fourth-order valence-electron chi connectivity index (χ4n) is 1.76. The molecule has 0 atom stereocenters. The maximum atomic E-state index is 12.4. The minimum atomic E-state index is -0.266. The number of hydrogen-bond acceptors (Lipinski definition) is 2. The summed E-state index contributed by atoms with van der Waals surface area (Å²) in [6, 6.07) is 3.18. The van der Waals surface area contributed by atoms with Crippen molar-refractivity contribution in [3.8, 4) is 0 Å². The van der Waals surface area contributed by atoms with Crippen LogP contribution in [0.1, 0.15) is 53.2 Å². The van der Waals surface area contributed by atoms with Crippen LogP contribution in [0.15, 0.2) is 18.3 Å². The number of ether oxygens (including phenoxy) is 1. The minimum absolute atomic E-state index is 0.266. The molecule has 3 heteroatoms. The van der Waals surface area contributed by atoms with E-state index in [4.69, 9.17) is 4.74 Å². The highest BCUT2D eigenvalue weighted by atomic mass is 19.1. The molecule has 2 heterocycles. The first kappa shape index (κ1) is 19.0. The molecule has 2 rings (SSSR count). The van der Waals surface area contributed by atoms with Crippen LogP contribution in [0.4, 0.5) is 4.39 Å². The van der Waals surface area contributed by atoms with E-state index in [0.29, 0.717) is 5.92 Å². The van der Waals surface area contributed by atoms with Crippen LogP contribution in [0, 0.1) is 17.7 Å². The third-order valence-corrected chi connectivity index (χ3v) is 2.92. The van der Waals surface area contributed by atoms with Gasteiger partial charge in [-0.1, -0.05) is 34.6 Å². The highest BCUT2D eigenvalue weighted by molar-refractivity contribution is 5.05. The van der Waals surface area contributed by atoms with Crippen molar-refractivity contribution >= 4 is 0 Å². The molecule has 0 saturated carbocycles. The van der Waals surface area contributed by atoms with Gasteiger partial charge in [-0.05, 0) is 43.2 Å². The van der Waals surface area contributed by atoms with Crippen LogP contribution in [-0.2, 0) is 11.2 Å². The SMILES string of the molecule is CC.CC(C)Cc1ccc(F)cn1.CC1CCOCC1. The quantitative estimate of drug-likeness (QED) is 0.772. The molecule has 1 aliphatic rings. The van der Waals surface area contributed by atoms with Gasteiger partial charge in [0.2, 0.25) is 0 Å². The molecule has 20 heavy (non-hydrogen) atoms. The zero-order valence-electron chi connectivity index (χ0n) is 13.7. The van der Waals surface area contributed by atoms with E-state index in [1.54, 1.807) is 6.07 Å². The van der Waals surface area contributed by atoms with E-state index in [1.165, 1.54) is 25.1 Å². The van der Waals surface area contributed by atoms with E-state index in [0.717, 1.165) is 31.2 Å². The van der Waals surface area contributed by atoms with Crippen LogP contribution in [0.5, 0.6) is 0 Å². The molecule has 0 spiro atoms. The van der Waals surface area contributed by atoms with Crippen LogP contribution in [-0.4, -0.2) is 18.2 Å². The summed E-state index contributed by atoms with van der Waals surface area (Å²) < 4.78 is 17.5. The molecule has 0 N–H and O–H groups in total. The van der Waals surface area contributed by atoms with E-state index >= 15 is 0 Å². The largest absolute Gasteiger partial charge is 0.381 e. The lowest BCUT2D eigenvalue weighted by molar-refractivity contribution is 0.0716. The molecule has 1 aromatic rings. The number of nitrogens with zero attached hydrogens (tertiary/aromatic N) is 1. The highest BCUT2D eigenvalue weighted by Crippen LogP contribution is 2.11. The van der Waals surface area contributed by atoms with Crippen molar-refractivity contribution in [2.24, 2.45) is 11.8 Å². The molecule has 1 aromatic heterocycles. The fraction of sp³-hybridized carbons (Fsp3) is 0.706. The first-order valence-corrected chi connectivity index (χ1v) is 7.76. The third-order valence-electron chi connectivity index (χ3n) is 2.92. The Balaban J connectivity index is 0.000000345. The van der Waals surface area contributed by atoms with Crippen molar-refractivity contribution in [2.75, 3.05) is 13.2 Å². The summed E-state index contributed by atoms with van der Waals surface area (Å²) in [5.74, 6) is 1.22. The number of rotatable bonds is 2. The van der Waals surface area contributed by atoms with Gasteiger partial charge >= 0.3 is 0 Å². The lowest BCUT2D eigenvalue weighted by Crippen LogP contribution is -2.12. The van der Waals surface area contributed by atoms with Gasteiger partial charge < -0.3 is 4.74 Å². The lowest BCUT2D eigenvalue weighted by atomic mass is 10.0. The molecule has 1 aliphatic heterocycles. The number of hydrogen-bond donors (Lipinski definition) is 0. The maximum absolute atomic E-state index is 12.4. The normalized spacial score (nSPS) is 14.9. The Bertz CT molecular complexity index is 318. The van der Waals surface area contributed by atoms with Crippen molar-refractivity contribution in [1.82, 2.24) is 4.98 Å². The van der Waals surface area contributed by atoms with Crippen LogP contribution >= 0.6 is 0 Å². The molecule has 0 radical (unpaired) electrons. The molecule has 0 aliphatic carbocycles. The highest BCUT2D eigenvalue weighted by Gasteiger charge is 2.06. The number of aromatic nitrogens is 1. The molecule has 116 valence electrons. The Morgan fingerprint density at radius 3 is 2.20 bits per heavy atom. The van der Waals surface area contributed by atoms with Crippen molar-refractivity contribution in [1.29, 1.82) is 0 Å². The Morgan fingerprint density at radius 1 is 1.25 bits per heavy atom. The third kappa shape index (κ3) is 9.90. The molecular formula is C17H30FNO. The van der Waals surface area contributed by atoms with Gasteiger partial charge in [0.25, 0.3) is 0 Å². The molecule has 1 fully saturated rings. The standard InChI is InChI=1S/C9H12FN.C6H12O.C2H6/c1-7(2)5-9-4-3-8(10)6-11-9;1-6-2-4-7-5-3-6;1-2/h3-4,6-7H,5H2,1-2H3;6H,2-5H2,1H3;1-2H3. The van der Waals surface area contributed by atoms with Crippen molar-refractivity contribution < 1.29 is 9.13 Å². The van der Waals surface area contributed by atoms with Crippen molar-refractivity contribution in [3.63, 3.8) is 0 Å². The molecule has 0 aromatic carbocycles. The predicted molar refractivity (Wildman–Crippen MR) is 83.3 cm³/mol. The second-order valence-corrected chi connectivity index (χ2v) is 5.36. The van der Waals surface area contributed by atoms with Crippen LogP contribution in [0.2, 0.25) is 0 Å². The van der Waals surface area contributed by atoms with Gasteiger partial charge in [0.15, 0.2) is 0 Å². The average molecular weight is 283 g/mol. The van der Waals surface area contributed by atoms with Gasteiger partial charge in [-0.25, -0.2) is 4.39 Å².